The van der Waals surface area contributed by atoms with Crippen LogP contribution in [0.15, 0.2) is 41.6 Å². The Morgan fingerprint density at radius 1 is 0.926 bits per heavy atom. The van der Waals surface area contributed by atoms with Crippen LogP contribution in [-0.4, -0.2) is 39.8 Å². The molecule has 0 aromatic heterocycles. The topological polar surface area (TPSA) is 49.3 Å². The molecule has 0 fully saturated rings. The summed E-state index contributed by atoms with van der Waals surface area (Å²) >= 11 is 0. The molecule has 0 aliphatic heterocycles. The van der Waals surface area contributed by atoms with Crippen LogP contribution in [-0.2, 0) is 9.57 Å². The molecule has 27 heavy (non-hydrogen) atoms. The third kappa shape index (κ3) is 10.5. The number of ether oxygens (including phenoxy) is 3. The van der Waals surface area contributed by atoms with E-state index < -0.39 is 0 Å². The van der Waals surface area contributed by atoms with Gasteiger partial charge in [0.25, 0.3) is 0 Å². The van der Waals surface area contributed by atoms with Gasteiger partial charge in [-0.05, 0) is 69.4 Å². The fourth-order valence-electron chi connectivity index (χ4n) is 2.48. The van der Waals surface area contributed by atoms with Crippen molar-refractivity contribution in [2.75, 3.05) is 33.5 Å². The standard InChI is InChI=1S/C22H33NO4/c1-5-6-15-26-21-17-19(2)22(20(3)18-21)27-16-10-7-9-13-25-14-11-8-12-23-24-4/h5-6,8,11-12,17-18H,7,9-10,13-16H2,1-4H3/b6-5+,11-8+,23-12+. The predicted octanol–water partition coefficient (Wildman–Crippen LogP) is 5.01. The van der Waals surface area contributed by atoms with Crippen LogP contribution in [0.25, 0.3) is 0 Å². The molecule has 0 spiro atoms. The zero-order chi connectivity index (χ0) is 19.7. The minimum Gasteiger partial charge on any atom is -0.493 e. The molecule has 0 bridgehead atoms. The molecule has 0 radical (unpaired) electrons. The van der Waals surface area contributed by atoms with Crippen LogP contribution in [0.1, 0.15) is 37.3 Å². The molecule has 1 rings (SSSR count). The summed E-state index contributed by atoms with van der Waals surface area (Å²) in [7, 11) is 1.52. The lowest BCUT2D eigenvalue weighted by atomic mass is 10.1. The summed E-state index contributed by atoms with van der Waals surface area (Å²) < 4.78 is 17.2. The van der Waals surface area contributed by atoms with E-state index in [9.17, 15) is 0 Å². The third-order valence-corrected chi connectivity index (χ3v) is 3.80. The van der Waals surface area contributed by atoms with Gasteiger partial charge in [-0.2, -0.15) is 0 Å². The van der Waals surface area contributed by atoms with Gasteiger partial charge in [0.15, 0.2) is 0 Å². The largest absolute Gasteiger partial charge is 0.493 e. The van der Waals surface area contributed by atoms with Gasteiger partial charge in [0.1, 0.15) is 25.2 Å². The van der Waals surface area contributed by atoms with Gasteiger partial charge in [0, 0.05) is 6.61 Å². The van der Waals surface area contributed by atoms with Crippen LogP contribution in [0.2, 0.25) is 0 Å². The first-order valence-electron chi connectivity index (χ1n) is 9.46. The van der Waals surface area contributed by atoms with E-state index in [1.165, 1.54) is 7.11 Å². The van der Waals surface area contributed by atoms with E-state index in [0.717, 1.165) is 48.5 Å². The minimum atomic E-state index is 0.590. The Morgan fingerprint density at radius 2 is 1.67 bits per heavy atom. The van der Waals surface area contributed by atoms with E-state index in [4.69, 9.17) is 14.2 Å². The van der Waals surface area contributed by atoms with Gasteiger partial charge in [-0.3, -0.25) is 0 Å². The van der Waals surface area contributed by atoms with E-state index >= 15 is 0 Å². The molecule has 0 N–H and O–H groups in total. The van der Waals surface area contributed by atoms with Gasteiger partial charge in [-0.1, -0.05) is 23.4 Å². The molecule has 5 heteroatoms. The van der Waals surface area contributed by atoms with Gasteiger partial charge in [0.05, 0.1) is 19.4 Å². The van der Waals surface area contributed by atoms with Crippen LogP contribution in [0.4, 0.5) is 0 Å². The molecule has 0 aliphatic rings. The number of allylic oxidation sites excluding steroid dienone is 2. The first-order chi connectivity index (χ1) is 13.2. The molecule has 1 aromatic carbocycles. The summed E-state index contributed by atoms with van der Waals surface area (Å²) in [6, 6.07) is 4.06. The lowest BCUT2D eigenvalue weighted by molar-refractivity contribution is 0.155. The second-order valence-electron chi connectivity index (χ2n) is 6.12. The Bertz CT molecular complexity index is 585. The molecule has 150 valence electrons. The fourth-order valence-corrected chi connectivity index (χ4v) is 2.48. The van der Waals surface area contributed by atoms with Crippen LogP contribution >= 0.6 is 0 Å². The summed E-state index contributed by atoms with van der Waals surface area (Å²) in [5.74, 6) is 1.85. The van der Waals surface area contributed by atoms with E-state index in [2.05, 4.69) is 23.8 Å². The number of aryl methyl sites for hydroxylation is 2. The summed E-state index contributed by atoms with van der Waals surface area (Å²) in [4.78, 5) is 4.55. The Morgan fingerprint density at radius 3 is 2.37 bits per heavy atom. The molecule has 5 nitrogen and oxygen atoms in total. The van der Waals surface area contributed by atoms with Gasteiger partial charge in [-0.25, -0.2) is 0 Å². The zero-order valence-corrected chi connectivity index (χ0v) is 17.1. The number of hydrogen-bond acceptors (Lipinski definition) is 5. The van der Waals surface area contributed by atoms with Gasteiger partial charge in [0.2, 0.25) is 0 Å². The molecule has 0 saturated carbocycles. The molecular formula is C22H33NO4. The molecule has 0 heterocycles. The second kappa shape index (κ2) is 14.9. The molecule has 0 aliphatic carbocycles. The van der Waals surface area contributed by atoms with Crippen molar-refractivity contribution in [3.8, 4) is 11.5 Å². The van der Waals surface area contributed by atoms with E-state index in [1.807, 2.05) is 37.3 Å². The minimum absolute atomic E-state index is 0.590. The first kappa shape index (κ1) is 22.8. The van der Waals surface area contributed by atoms with Crippen molar-refractivity contribution in [1.29, 1.82) is 0 Å². The molecular weight excluding hydrogens is 342 g/mol. The Kier molecular flexibility index (Phi) is 12.5. The van der Waals surface area contributed by atoms with Crippen molar-refractivity contribution in [3.63, 3.8) is 0 Å². The molecule has 0 saturated heterocycles. The Balaban J connectivity index is 2.19. The van der Waals surface area contributed by atoms with Crippen molar-refractivity contribution < 1.29 is 19.0 Å². The number of benzene rings is 1. The van der Waals surface area contributed by atoms with Gasteiger partial charge < -0.3 is 19.0 Å². The fraction of sp³-hybridized carbons (Fsp3) is 0.500. The molecule has 0 atom stereocenters. The van der Waals surface area contributed by atoms with E-state index in [1.54, 1.807) is 12.3 Å². The number of nitrogens with zero attached hydrogens (tertiary/aromatic N) is 1. The van der Waals surface area contributed by atoms with E-state index in [0.29, 0.717) is 19.8 Å². The number of unbranched alkanes of at least 4 members (excludes halogenated alkanes) is 2. The predicted molar refractivity (Wildman–Crippen MR) is 111 cm³/mol. The lowest BCUT2D eigenvalue weighted by Crippen LogP contribution is -2.03. The van der Waals surface area contributed by atoms with Crippen LogP contribution in [0.5, 0.6) is 11.5 Å². The van der Waals surface area contributed by atoms with Crippen molar-refractivity contribution in [1.82, 2.24) is 0 Å². The maximum atomic E-state index is 5.98. The first-order valence-corrected chi connectivity index (χ1v) is 9.46. The van der Waals surface area contributed by atoms with Gasteiger partial charge in [-0.15, -0.1) is 0 Å². The number of rotatable bonds is 14. The van der Waals surface area contributed by atoms with Crippen LogP contribution < -0.4 is 9.47 Å². The smallest absolute Gasteiger partial charge is 0.125 e. The Labute approximate surface area is 163 Å². The average Bonchev–Trinajstić information content (AvgIpc) is 2.64. The van der Waals surface area contributed by atoms with Crippen molar-refractivity contribution in [2.45, 2.75) is 40.0 Å². The summed E-state index contributed by atoms with van der Waals surface area (Å²) in [5, 5.41) is 3.61. The summed E-state index contributed by atoms with van der Waals surface area (Å²) in [6.45, 7) is 8.75. The SMILES string of the molecule is C/C=C/COc1cc(C)c(OCCCCCOC/C=C/C=N/OC)c(C)c1. The Hall–Kier alpha value is -2.27. The van der Waals surface area contributed by atoms with Crippen molar-refractivity contribution in [3.05, 3.63) is 47.6 Å². The van der Waals surface area contributed by atoms with Gasteiger partial charge >= 0.3 is 0 Å². The molecule has 0 unspecified atom stereocenters. The normalized spacial score (nSPS) is 11.7. The summed E-state index contributed by atoms with van der Waals surface area (Å²) in [5.41, 5.74) is 2.22. The quantitative estimate of drug-likeness (QED) is 0.198. The maximum Gasteiger partial charge on any atom is 0.125 e. The highest BCUT2D eigenvalue weighted by Crippen LogP contribution is 2.28. The third-order valence-electron chi connectivity index (χ3n) is 3.80. The number of hydrogen-bond donors (Lipinski definition) is 0. The van der Waals surface area contributed by atoms with Crippen molar-refractivity contribution in [2.24, 2.45) is 5.16 Å². The van der Waals surface area contributed by atoms with Crippen molar-refractivity contribution >= 4 is 6.21 Å². The molecule has 1 aromatic rings. The highest BCUT2D eigenvalue weighted by atomic mass is 16.6. The average molecular weight is 376 g/mol. The maximum absolute atomic E-state index is 5.98. The second-order valence-corrected chi connectivity index (χ2v) is 6.12. The molecule has 0 amide bonds. The highest BCUT2D eigenvalue weighted by molar-refractivity contribution is 5.70. The lowest BCUT2D eigenvalue weighted by Gasteiger charge is -2.14. The van der Waals surface area contributed by atoms with Crippen LogP contribution in [0.3, 0.4) is 0 Å². The van der Waals surface area contributed by atoms with E-state index in [-0.39, 0.29) is 0 Å². The van der Waals surface area contributed by atoms with Crippen LogP contribution in [0, 0.1) is 13.8 Å². The zero-order valence-electron chi connectivity index (χ0n) is 17.1. The number of oxime groups is 1. The summed E-state index contributed by atoms with van der Waals surface area (Å²) in [6.07, 6.45) is 12.4. The highest BCUT2D eigenvalue weighted by Gasteiger charge is 2.07. The monoisotopic (exact) mass is 375 g/mol.